The molecule has 0 spiro atoms. The Balaban J connectivity index is 1.65. The third-order valence-electron chi connectivity index (χ3n) is 3.16. The fourth-order valence-corrected chi connectivity index (χ4v) is 2.00. The zero-order valence-electron chi connectivity index (χ0n) is 8.72. The third kappa shape index (κ3) is 2.98. The molecule has 0 aromatic heterocycles. The van der Waals surface area contributed by atoms with E-state index in [1.807, 2.05) is 0 Å². The lowest BCUT2D eigenvalue weighted by Crippen LogP contribution is -2.34. The van der Waals surface area contributed by atoms with Crippen molar-refractivity contribution in [3.8, 4) is 0 Å². The van der Waals surface area contributed by atoms with Crippen LogP contribution in [-0.2, 0) is 4.79 Å². The first-order valence-electron chi connectivity index (χ1n) is 5.84. The van der Waals surface area contributed by atoms with Crippen LogP contribution in [0.3, 0.4) is 0 Å². The lowest BCUT2D eigenvalue weighted by molar-refractivity contribution is -0.122. The average Bonchev–Trinajstić information content (AvgIpc) is 3.01. The van der Waals surface area contributed by atoms with Gasteiger partial charge in [0.1, 0.15) is 0 Å². The molecular formula is C11H20N2O. The quantitative estimate of drug-likeness (QED) is 0.704. The molecule has 3 heteroatoms. The van der Waals surface area contributed by atoms with Gasteiger partial charge in [0.15, 0.2) is 0 Å². The lowest BCUT2D eigenvalue weighted by Gasteiger charge is -2.14. The van der Waals surface area contributed by atoms with Gasteiger partial charge in [0.05, 0.1) is 0 Å². The third-order valence-corrected chi connectivity index (χ3v) is 3.16. The number of carbonyl (C=O) groups is 1. The van der Waals surface area contributed by atoms with Crippen molar-refractivity contribution < 1.29 is 4.79 Å². The lowest BCUT2D eigenvalue weighted by atomic mass is 10.0. The van der Waals surface area contributed by atoms with Crippen LogP contribution < -0.4 is 10.6 Å². The van der Waals surface area contributed by atoms with Crippen molar-refractivity contribution >= 4 is 5.91 Å². The minimum Gasteiger partial charge on any atom is -0.356 e. The van der Waals surface area contributed by atoms with E-state index in [4.69, 9.17) is 0 Å². The second kappa shape index (κ2) is 4.78. The number of hydrogen-bond acceptors (Lipinski definition) is 2. The van der Waals surface area contributed by atoms with Gasteiger partial charge >= 0.3 is 0 Å². The number of rotatable bonds is 3. The fraction of sp³-hybridized carbons (Fsp3) is 0.909. The molecular weight excluding hydrogens is 176 g/mol. The molecule has 0 bridgehead atoms. The van der Waals surface area contributed by atoms with Gasteiger partial charge in [0.25, 0.3) is 0 Å². The molecule has 1 saturated carbocycles. The molecule has 0 aromatic carbocycles. The van der Waals surface area contributed by atoms with Crippen LogP contribution in [0.5, 0.6) is 0 Å². The van der Waals surface area contributed by atoms with Gasteiger partial charge in [-0.25, -0.2) is 0 Å². The van der Waals surface area contributed by atoms with Crippen molar-refractivity contribution in [2.24, 2.45) is 11.8 Å². The van der Waals surface area contributed by atoms with Crippen LogP contribution in [0.2, 0.25) is 0 Å². The highest BCUT2D eigenvalue weighted by molar-refractivity contribution is 5.80. The van der Waals surface area contributed by atoms with Crippen LogP contribution in [0.25, 0.3) is 0 Å². The second-order valence-electron chi connectivity index (χ2n) is 4.59. The standard InChI is InChI=1S/C11H20N2O/c14-11(10-4-5-10)13-8-9-3-1-2-6-12-7-9/h9-10,12H,1-8H2,(H,13,14). The first-order valence-corrected chi connectivity index (χ1v) is 5.84. The fourth-order valence-electron chi connectivity index (χ4n) is 2.00. The second-order valence-corrected chi connectivity index (χ2v) is 4.59. The summed E-state index contributed by atoms with van der Waals surface area (Å²) in [6.45, 7) is 3.10. The summed E-state index contributed by atoms with van der Waals surface area (Å²) in [6.07, 6.45) is 6.06. The molecule has 1 aliphatic heterocycles. The first kappa shape index (κ1) is 9.97. The zero-order valence-corrected chi connectivity index (χ0v) is 8.72. The summed E-state index contributed by atoms with van der Waals surface area (Å²) in [7, 11) is 0. The predicted octanol–water partition coefficient (Wildman–Crippen LogP) is 0.902. The van der Waals surface area contributed by atoms with Crippen molar-refractivity contribution in [2.45, 2.75) is 32.1 Å². The minimum atomic E-state index is 0.286. The highest BCUT2D eigenvalue weighted by atomic mass is 16.2. The van der Waals surface area contributed by atoms with E-state index in [9.17, 15) is 4.79 Å². The van der Waals surface area contributed by atoms with Gasteiger partial charge in [-0.3, -0.25) is 4.79 Å². The highest BCUT2D eigenvalue weighted by Gasteiger charge is 2.29. The van der Waals surface area contributed by atoms with Crippen molar-refractivity contribution in [3.63, 3.8) is 0 Å². The van der Waals surface area contributed by atoms with E-state index in [0.29, 0.717) is 11.8 Å². The van der Waals surface area contributed by atoms with Crippen LogP contribution in [0.1, 0.15) is 32.1 Å². The monoisotopic (exact) mass is 196 g/mol. The number of carbonyl (C=O) groups excluding carboxylic acids is 1. The van der Waals surface area contributed by atoms with Gasteiger partial charge < -0.3 is 10.6 Å². The summed E-state index contributed by atoms with van der Waals surface area (Å²) >= 11 is 0. The Kier molecular flexibility index (Phi) is 3.40. The Labute approximate surface area is 85.6 Å². The van der Waals surface area contributed by atoms with Crippen molar-refractivity contribution in [3.05, 3.63) is 0 Å². The Morgan fingerprint density at radius 1 is 1.29 bits per heavy atom. The van der Waals surface area contributed by atoms with Crippen LogP contribution in [0.4, 0.5) is 0 Å². The van der Waals surface area contributed by atoms with E-state index in [2.05, 4.69) is 10.6 Å². The minimum absolute atomic E-state index is 0.286. The topological polar surface area (TPSA) is 41.1 Å². The number of amides is 1. The van der Waals surface area contributed by atoms with Gasteiger partial charge in [-0.1, -0.05) is 6.42 Å². The number of hydrogen-bond donors (Lipinski definition) is 2. The average molecular weight is 196 g/mol. The molecule has 1 aliphatic carbocycles. The molecule has 1 saturated heterocycles. The molecule has 2 fully saturated rings. The van der Waals surface area contributed by atoms with Gasteiger partial charge in [-0.2, -0.15) is 0 Å². The summed E-state index contributed by atoms with van der Waals surface area (Å²) in [5.74, 6) is 1.29. The Bertz CT molecular complexity index is 193. The van der Waals surface area contributed by atoms with Crippen molar-refractivity contribution in [2.75, 3.05) is 19.6 Å². The van der Waals surface area contributed by atoms with E-state index in [0.717, 1.165) is 32.5 Å². The SMILES string of the molecule is O=C(NCC1CCCCNC1)C1CC1. The van der Waals surface area contributed by atoms with Crippen molar-refractivity contribution in [1.82, 2.24) is 10.6 Å². The van der Waals surface area contributed by atoms with E-state index in [1.165, 1.54) is 19.3 Å². The van der Waals surface area contributed by atoms with E-state index < -0.39 is 0 Å². The van der Waals surface area contributed by atoms with E-state index in [1.54, 1.807) is 0 Å². The molecule has 2 N–H and O–H groups in total. The van der Waals surface area contributed by atoms with Crippen LogP contribution in [0, 0.1) is 11.8 Å². The number of nitrogens with one attached hydrogen (secondary N) is 2. The zero-order chi connectivity index (χ0) is 9.80. The molecule has 14 heavy (non-hydrogen) atoms. The first-order chi connectivity index (χ1) is 6.86. The summed E-state index contributed by atoms with van der Waals surface area (Å²) in [6, 6.07) is 0. The molecule has 2 rings (SSSR count). The van der Waals surface area contributed by atoms with Crippen LogP contribution in [-0.4, -0.2) is 25.5 Å². The highest BCUT2D eigenvalue weighted by Crippen LogP contribution is 2.28. The molecule has 0 aromatic rings. The Hall–Kier alpha value is -0.570. The van der Waals surface area contributed by atoms with Crippen LogP contribution >= 0.6 is 0 Å². The molecule has 2 aliphatic rings. The largest absolute Gasteiger partial charge is 0.356 e. The normalized spacial score (nSPS) is 28.1. The Morgan fingerprint density at radius 2 is 2.14 bits per heavy atom. The van der Waals surface area contributed by atoms with Gasteiger partial charge in [0.2, 0.25) is 5.91 Å². The maximum absolute atomic E-state index is 11.4. The molecule has 80 valence electrons. The maximum Gasteiger partial charge on any atom is 0.223 e. The van der Waals surface area contributed by atoms with Gasteiger partial charge in [0, 0.05) is 12.5 Å². The summed E-state index contributed by atoms with van der Waals surface area (Å²) < 4.78 is 0. The molecule has 1 atom stereocenters. The summed E-state index contributed by atoms with van der Waals surface area (Å²) in [4.78, 5) is 11.4. The maximum atomic E-state index is 11.4. The molecule has 3 nitrogen and oxygen atoms in total. The van der Waals surface area contributed by atoms with Gasteiger partial charge in [-0.05, 0) is 44.7 Å². The smallest absolute Gasteiger partial charge is 0.223 e. The van der Waals surface area contributed by atoms with E-state index in [-0.39, 0.29) is 5.91 Å². The molecule has 1 heterocycles. The predicted molar refractivity (Wildman–Crippen MR) is 55.9 cm³/mol. The van der Waals surface area contributed by atoms with E-state index >= 15 is 0 Å². The summed E-state index contributed by atoms with van der Waals surface area (Å²) in [5.41, 5.74) is 0. The van der Waals surface area contributed by atoms with Gasteiger partial charge in [-0.15, -0.1) is 0 Å². The van der Waals surface area contributed by atoms with Crippen molar-refractivity contribution in [1.29, 1.82) is 0 Å². The Morgan fingerprint density at radius 3 is 2.93 bits per heavy atom. The summed E-state index contributed by atoms with van der Waals surface area (Å²) in [5, 5.41) is 6.48. The van der Waals surface area contributed by atoms with Crippen LogP contribution in [0.15, 0.2) is 0 Å². The molecule has 0 radical (unpaired) electrons. The molecule has 1 amide bonds. The molecule has 1 unspecified atom stereocenters.